The molecule has 1 aromatic heterocycles. The second-order valence-electron chi connectivity index (χ2n) is 9.25. The van der Waals surface area contributed by atoms with Gasteiger partial charge in [-0.25, -0.2) is 4.98 Å². The first-order valence-corrected chi connectivity index (χ1v) is 13.3. The molecule has 0 radical (unpaired) electrons. The summed E-state index contributed by atoms with van der Waals surface area (Å²) in [5.41, 5.74) is -0.175. The zero-order valence-corrected chi connectivity index (χ0v) is 25.3. The van der Waals surface area contributed by atoms with E-state index < -0.39 is 72.3 Å². The van der Waals surface area contributed by atoms with E-state index in [-0.39, 0.29) is 18.0 Å². The first-order chi connectivity index (χ1) is 20.7. The predicted molar refractivity (Wildman–Crippen MR) is 152 cm³/mol. The van der Waals surface area contributed by atoms with Crippen molar-refractivity contribution in [1.82, 2.24) is 9.55 Å². The third-order valence-corrected chi connectivity index (χ3v) is 5.66. The van der Waals surface area contributed by atoms with Crippen molar-refractivity contribution in [2.75, 3.05) is 11.6 Å². The standard InChI is InChI=1S/C28H34N4O12/c1-8-31-27(39)21-11-9-10-12-22(21)30-28(31)32(15(2)33)29-13-23(41-17(4)35)25(43-19(6)37)26(44-20(7)38)24(42-18(5)36)14-40-16(3)34/h9-13,23-26H,8,14H2,1-7H3/b29-13+/t23-,24+,25+,26-/m0/s1. The smallest absolute Gasteiger partial charge is 0.303 e. The maximum Gasteiger partial charge on any atom is 0.303 e. The molecule has 238 valence electrons. The molecule has 1 heterocycles. The van der Waals surface area contributed by atoms with Gasteiger partial charge in [0.25, 0.3) is 5.56 Å². The van der Waals surface area contributed by atoms with E-state index in [2.05, 4.69) is 10.1 Å². The number of hydrogen-bond donors (Lipinski definition) is 0. The zero-order chi connectivity index (χ0) is 33.1. The summed E-state index contributed by atoms with van der Waals surface area (Å²) < 4.78 is 27.4. The fourth-order valence-electron chi connectivity index (χ4n) is 4.05. The highest BCUT2D eigenvalue weighted by molar-refractivity contribution is 5.92. The molecule has 0 fully saturated rings. The average Bonchev–Trinajstić information content (AvgIpc) is 2.91. The van der Waals surface area contributed by atoms with Crippen LogP contribution in [0.3, 0.4) is 0 Å². The summed E-state index contributed by atoms with van der Waals surface area (Å²) in [6.07, 6.45) is -5.82. The van der Waals surface area contributed by atoms with Gasteiger partial charge in [-0.2, -0.15) is 10.1 Å². The van der Waals surface area contributed by atoms with Crippen LogP contribution in [0.1, 0.15) is 48.5 Å². The number of carbonyl (C=O) groups excluding carboxylic acids is 6. The summed E-state index contributed by atoms with van der Waals surface area (Å²) in [6, 6.07) is 6.46. The van der Waals surface area contributed by atoms with Crippen LogP contribution in [0.25, 0.3) is 10.9 Å². The number of amides is 1. The Labute approximate surface area is 251 Å². The van der Waals surface area contributed by atoms with Crippen LogP contribution in [0, 0.1) is 0 Å². The van der Waals surface area contributed by atoms with Crippen LogP contribution in [0.5, 0.6) is 0 Å². The van der Waals surface area contributed by atoms with Crippen LogP contribution in [0.15, 0.2) is 34.2 Å². The van der Waals surface area contributed by atoms with Crippen molar-refractivity contribution in [2.45, 2.75) is 79.4 Å². The van der Waals surface area contributed by atoms with Crippen molar-refractivity contribution >= 4 is 58.8 Å². The number of carbonyl (C=O) groups is 6. The lowest BCUT2D eigenvalue weighted by Crippen LogP contribution is -2.53. The second-order valence-corrected chi connectivity index (χ2v) is 9.25. The Hall–Kier alpha value is -5.15. The Morgan fingerprint density at radius 2 is 1.41 bits per heavy atom. The van der Waals surface area contributed by atoms with Gasteiger partial charge in [0.2, 0.25) is 11.9 Å². The van der Waals surface area contributed by atoms with Crippen LogP contribution in [-0.4, -0.2) is 82.5 Å². The summed E-state index contributed by atoms with van der Waals surface area (Å²) in [6.45, 7) is 7.41. The molecule has 1 amide bonds. The topological polar surface area (TPSA) is 199 Å². The van der Waals surface area contributed by atoms with Crippen LogP contribution in [-0.2, 0) is 59.0 Å². The van der Waals surface area contributed by atoms with Crippen LogP contribution in [0.4, 0.5) is 5.95 Å². The Kier molecular flexibility index (Phi) is 12.7. The molecule has 4 atom stereocenters. The quantitative estimate of drug-likeness (QED) is 0.134. The average molecular weight is 619 g/mol. The van der Waals surface area contributed by atoms with Crippen LogP contribution in [0.2, 0.25) is 0 Å². The molecule has 0 aliphatic heterocycles. The normalized spacial score (nSPS) is 13.7. The number of nitrogens with zero attached hydrogens (tertiary/aromatic N) is 4. The number of aromatic nitrogens is 2. The number of para-hydroxylation sites is 1. The van der Waals surface area contributed by atoms with Gasteiger partial charge in [0.1, 0.15) is 6.61 Å². The molecule has 16 heteroatoms. The summed E-state index contributed by atoms with van der Waals surface area (Å²) in [4.78, 5) is 90.3. The number of ether oxygens (including phenoxy) is 5. The van der Waals surface area contributed by atoms with Gasteiger partial charge in [0, 0.05) is 48.1 Å². The Morgan fingerprint density at radius 3 is 1.93 bits per heavy atom. The fourth-order valence-corrected chi connectivity index (χ4v) is 4.05. The van der Waals surface area contributed by atoms with E-state index in [1.165, 1.54) is 4.57 Å². The Bertz CT molecular complexity index is 1500. The molecule has 2 aromatic rings. The second kappa shape index (κ2) is 15.9. The maximum absolute atomic E-state index is 13.2. The third-order valence-electron chi connectivity index (χ3n) is 5.66. The molecule has 0 saturated carbocycles. The van der Waals surface area contributed by atoms with Gasteiger partial charge in [-0.15, -0.1) is 0 Å². The van der Waals surface area contributed by atoms with E-state index in [0.29, 0.717) is 5.39 Å². The molecule has 2 rings (SSSR count). The van der Waals surface area contributed by atoms with Crippen molar-refractivity contribution < 1.29 is 52.5 Å². The monoisotopic (exact) mass is 618 g/mol. The maximum atomic E-state index is 13.2. The molecule has 0 N–H and O–H groups in total. The molecule has 0 aliphatic carbocycles. The van der Waals surface area contributed by atoms with Crippen LogP contribution >= 0.6 is 0 Å². The van der Waals surface area contributed by atoms with Crippen molar-refractivity contribution in [1.29, 1.82) is 0 Å². The molecule has 1 aromatic carbocycles. The fraction of sp³-hybridized carbons (Fsp3) is 0.464. The van der Waals surface area contributed by atoms with Gasteiger partial charge in [-0.05, 0) is 19.1 Å². The van der Waals surface area contributed by atoms with Gasteiger partial charge < -0.3 is 23.7 Å². The largest absolute Gasteiger partial charge is 0.462 e. The zero-order valence-electron chi connectivity index (χ0n) is 25.3. The van der Waals surface area contributed by atoms with Gasteiger partial charge in [0.05, 0.1) is 17.1 Å². The molecule has 16 nitrogen and oxygen atoms in total. The van der Waals surface area contributed by atoms with E-state index >= 15 is 0 Å². The van der Waals surface area contributed by atoms with Gasteiger partial charge in [-0.3, -0.25) is 38.1 Å². The first kappa shape index (κ1) is 35.0. The van der Waals surface area contributed by atoms with Gasteiger partial charge in [0.15, 0.2) is 24.4 Å². The lowest BCUT2D eigenvalue weighted by atomic mass is 10.0. The van der Waals surface area contributed by atoms with E-state index in [1.54, 1.807) is 31.2 Å². The molecule has 0 bridgehead atoms. The predicted octanol–water partition coefficient (Wildman–Crippen LogP) is 1.05. The molecule has 0 aliphatic rings. The number of esters is 5. The molecular formula is C28H34N4O12. The number of anilines is 1. The lowest BCUT2D eigenvalue weighted by Gasteiger charge is -2.34. The lowest BCUT2D eigenvalue weighted by molar-refractivity contribution is -0.197. The minimum Gasteiger partial charge on any atom is -0.462 e. The summed E-state index contributed by atoms with van der Waals surface area (Å²) in [5.74, 6) is -5.30. The molecule has 0 spiro atoms. The van der Waals surface area contributed by atoms with Gasteiger partial charge >= 0.3 is 29.8 Å². The number of fused-ring (bicyclic) bond motifs is 1. The van der Waals surface area contributed by atoms with Crippen molar-refractivity contribution in [3.63, 3.8) is 0 Å². The first-order valence-electron chi connectivity index (χ1n) is 13.3. The highest BCUT2D eigenvalue weighted by Crippen LogP contribution is 2.21. The number of rotatable bonds is 13. The summed E-state index contributed by atoms with van der Waals surface area (Å²) in [7, 11) is 0. The number of hydrazone groups is 1. The van der Waals surface area contributed by atoms with E-state index in [0.717, 1.165) is 52.8 Å². The van der Waals surface area contributed by atoms with Gasteiger partial charge in [-0.1, -0.05) is 12.1 Å². The highest BCUT2D eigenvalue weighted by Gasteiger charge is 2.43. The molecule has 0 unspecified atom stereocenters. The van der Waals surface area contributed by atoms with E-state index in [9.17, 15) is 33.6 Å². The summed E-state index contributed by atoms with van der Waals surface area (Å²) in [5, 5.41) is 5.19. The molecule has 0 saturated heterocycles. The van der Waals surface area contributed by atoms with Crippen LogP contribution < -0.4 is 10.6 Å². The third kappa shape index (κ3) is 9.71. The number of benzene rings is 1. The Balaban J connectivity index is 2.74. The number of hydrogen-bond acceptors (Lipinski definition) is 14. The van der Waals surface area contributed by atoms with Crippen molar-refractivity contribution in [2.24, 2.45) is 5.10 Å². The minimum absolute atomic E-state index is 0.101. The molecule has 44 heavy (non-hydrogen) atoms. The van der Waals surface area contributed by atoms with Crippen molar-refractivity contribution in [3.05, 3.63) is 34.6 Å². The summed E-state index contributed by atoms with van der Waals surface area (Å²) >= 11 is 0. The Morgan fingerprint density at radius 1 is 0.841 bits per heavy atom. The minimum atomic E-state index is -1.75. The van der Waals surface area contributed by atoms with Crippen molar-refractivity contribution in [3.8, 4) is 0 Å². The van der Waals surface area contributed by atoms with E-state index in [1.807, 2.05) is 0 Å². The SMILES string of the molecule is CCn1c(N(/N=C/[C@H](OC(C)=O)[C@@H](OC(C)=O)[C@@H](OC(C)=O)[C@@H](COC(C)=O)OC(C)=O)C(C)=O)nc2ccccc2c1=O. The van der Waals surface area contributed by atoms with E-state index in [4.69, 9.17) is 23.7 Å². The molecular weight excluding hydrogens is 584 g/mol. The highest BCUT2D eigenvalue weighted by atomic mass is 16.6.